The van der Waals surface area contributed by atoms with Crippen molar-refractivity contribution in [1.29, 1.82) is 0 Å². The monoisotopic (exact) mass is 392 g/mol. The number of carbonyl (C=O) groups excluding carboxylic acids is 3. The van der Waals surface area contributed by atoms with Crippen LogP contribution in [0.2, 0.25) is 0 Å². The van der Waals surface area contributed by atoms with Gasteiger partial charge in [-0.25, -0.2) is 14.4 Å². The SMILES string of the molecule is C=C1C(=O)O[C@H]2/C=C(/C)C(=O)O[C@@](C)(CC(=O)O)C[C@@H](OC(=O)/C(C)=C/C)[C@@H]12. The maximum atomic E-state index is 12.4. The third kappa shape index (κ3) is 4.49. The van der Waals surface area contributed by atoms with Crippen molar-refractivity contribution in [3.63, 3.8) is 0 Å². The van der Waals surface area contributed by atoms with Crippen LogP contribution < -0.4 is 0 Å². The van der Waals surface area contributed by atoms with Crippen LogP contribution in [0.3, 0.4) is 0 Å². The van der Waals surface area contributed by atoms with Crippen molar-refractivity contribution in [2.45, 2.75) is 58.3 Å². The number of ether oxygens (including phenoxy) is 3. The number of aliphatic carboxylic acids is 1. The second-order valence-corrected chi connectivity index (χ2v) is 7.30. The Labute approximate surface area is 162 Å². The third-order valence-corrected chi connectivity index (χ3v) is 4.91. The Morgan fingerprint density at radius 1 is 1.39 bits per heavy atom. The summed E-state index contributed by atoms with van der Waals surface area (Å²) in [5.74, 6) is -3.95. The summed E-state index contributed by atoms with van der Waals surface area (Å²) < 4.78 is 16.3. The third-order valence-electron chi connectivity index (χ3n) is 4.91. The van der Waals surface area contributed by atoms with E-state index in [2.05, 4.69) is 6.58 Å². The van der Waals surface area contributed by atoms with Gasteiger partial charge in [-0.15, -0.1) is 0 Å². The first-order valence-corrected chi connectivity index (χ1v) is 8.84. The van der Waals surface area contributed by atoms with Crippen LogP contribution >= 0.6 is 0 Å². The Balaban J connectivity index is 2.53. The Kier molecular flexibility index (Phi) is 6.11. The zero-order valence-electron chi connectivity index (χ0n) is 16.3. The fourth-order valence-corrected chi connectivity index (χ4v) is 3.28. The normalized spacial score (nSPS) is 32.7. The van der Waals surface area contributed by atoms with Gasteiger partial charge in [0, 0.05) is 23.1 Å². The fraction of sp³-hybridized carbons (Fsp3) is 0.500. The molecule has 152 valence electrons. The summed E-state index contributed by atoms with van der Waals surface area (Å²) >= 11 is 0. The predicted octanol–water partition coefficient (Wildman–Crippen LogP) is 2.09. The number of hydrogen-bond acceptors (Lipinski definition) is 7. The quantitative estimate of drug-likeness (QED) is 0.439. The van der Waals surface area contributed by atoms with Gasteiger partial charge in [-0.1, -0.05) is 12.7 Å². The summed E-state index contributed by atoms with van der Waals surface area (Å²) in [7, 11) is 0. The molecule has 0 amide bonds. The molecule has 2 aliphatic heterocycles. The van der Waals surface area contributed by atoms with Crippen molar-refractivity contribution in [3.05, 3.63) is 35.5 Å². The highest BCUT2D eigenvalue weighted by molar-refractivity contribution is 5.93. The number of rotatable bonds is 4. The number of carboxylic acid groups (broad SMARTS) is 1. The highest BCUT2D eigenvalue weighted by atomic mass is 16.6. The molecule has 8 heteroatoms. The minimum absolute atomic E-state index is 0.0944. The van der Waals surface area contributed by atoms with Crippen LogP contribution in [0.4, 0.5) is 0 Å². The smallest absolute Gasteiger partial charge is 0.334 e. The first kappa shape index (κ1) is 21.4. The second kappa shape index (κ2) is 8.00. The summed E-state index contributed by atoms with van der Waals surface area (Å²) in [6.07, 6.45) is 0.501. The number of carbonyl (C=O) groups is 4. The first-order valence-electron chi connectivity index (χ1n) is 8.84. The molecule has 8 nitrogen and oxygen atoms in total. The van der Waals surface area contributed by atoms with E-state index in [1.807, 2.05) is 0 Å². The zero-order valence-corrected chi connectivity index (χ0v) is 16.3. The lowest BCUT2D eigenvalue weighted by atomic mass is 9.83. The van der Waals surface area contributed by atoms with Crippen molar-refractivity contribution in [2.75, 3.05) is 0 Å². The average Bonchev–Trinajstić information content (AvgIpc) is 2.86. The van der Waals surface area contributed by atoms with Crippen LogP contribution in [0.5, 0.6) is 0 Å². The first-order chi connectivity index (χ1) is 13.0. The standard InChI is InChI=1S/C20H24O8/c1-6-10(2)17(23)27-14-8-20(5,9-15(21)22)28-18(24)11(3)7-13-16(14)12(4)19(25)26-13/h6-7,13-14,16H,4,8-9H2,1-3,5H3,(H,21,22)/b10-6+,11-7-/t13-,14+,16-,20+/m0/s1. The molecule has 1 N–H and O–H groups in total. The van der Waals surface area contributed by atoms with Crippen LogP contribution in [0.25, 0.3) is 0 Å². The Bertz CT molecular complexity index is 790. The lowest BCUT2D eigenvalue weighted by Gasteiger charge is -2.33. The molecule has 1 fully saturated rings. The van der Waals surface area contributed by atoms with Crippen LogP contribution in [0.1, 0.15) is 40.5 Å². The number of fused-ring (bicyclic) bond motifs is 1. The van der Waals surface area contributed by atoms with Crippen molar-refractivity contribution in [3.8, 4) is 0 Å². The number of allylic oxidation sites excluding steroid dienone is 1. The fourth-order valence-electron chi connectivity index (χ4n) is 3.28. The summed E-state index contributed by atoms with van der Waals surface area (Å²) in [6.45, 7) is 9.92. The van der Waals surface area contributed by atoms with Gasteiger partial charge >= 0.3 is 23.9 Å². The molecule has 2 heterocycles. The van der Waals surface area contributed by atoms with Crippen LogP contribution in [0.15, 0.2) is 35.5 Å². The summed E-state index contributed by atoms with van der Waals surface area (Å²) in [5.41, 5.74) is -0.869. The van der Waals surface area contributed by atoms with Gasteiger partial charge in [0.2, 0.25) is 0 Å². The van der Waals surface area contributed by atoms with E-state index in [0.29, 0.717) is 5.57 Å². The topological polar surface area (TPSA) is 116 Å². The molecule has 0 aromatic carbocycles. The van der Waals surface area contributed by atoms with E-state index in [1.165, 1.54) is 19.9 Å². The van der Waals surface area contributed by atoms with Gasteiger partial charge in [0.25, 0.3) is 0 Å². The van der Waals surface area contributed by atoms with E-state index < -0.39 is 54.0 Å². The van der Waals surface area contributed by atoms with Crippen molar-refractivity contribution < 1.29 is 38.5 Å². The predicted molar refractivity (Wildman–Crippen MR) is 96.9 cm³/mol. The molecule has 0 aromatic rings. The molecule has 0 spiro atoms. The summed E-state index contributed by atoms with van der Waals surface area (Å²) in [6, 6.07) is 0. The van der Waals surface area contributed by atoms with Gasteiger partial charge < -0.3 is 19.3 Å². The Morgan fingerprint density at radius 2 is 2.04 bits per heavy atom. The average molecular weight is 392 g/mol. The van der Waals surface area contributed by atoms with Crippen LogP contribution in [0, 0.1) is 5.92 Å². The van der Waals surface area contributed by atoms with Crippen molar-refractivity contribution in [1.82, 2.24) is 0 Å². The number of hydrogen-bond donors (Lipinski definition) is 1. The van der Waals surface area contributed by atoms with E-state index >= 15 is 0 Å². The molecule has 1 saturated heterocycles. The molecular weight excluding hydrogens is 368 g/mol. The Hall–Kier alpha value is -2.90. The minimum Gasteiger partial charge on any atom is -0.481 e. The van der Waals surface area contributed by atoms with E-state index in [0.717, 1.165) is 0 Å². The lowest BCUT2D eigenvalue weighted by Crippen LogP contribution is -2.42. The molecule has 0 aromatic heterocycles. The molecule has 2 aliphatic rings. The van der Waals surface area contributed by atoms with Gasteiger partial charge in [0.15, 0.2) is 0 Å². The minimum atomic E-state index is -1.46. The summed E-state index contributed by atoms with van der Waals surface area (Å²) in [4.78, 5) is 48.2. The molecule has 0 saturated carbocycles. The molecular formula is C20H24O8. The number of carboxylic acids is 1. The highest BCUT2D eigenvalue weighted by Gasteiger charge is 2.49. The van der Waals surface area contributed by atoms with Gasteiger partial charge in [-0.05, 0) is 33.8 Å². The molecule has 0 aliphatic carbocycles. The van der Waals surface area contributed by atoms with E-state index in [-0.39, 0.29) is 17.6 Å². The van der Waals surface area contributed by atoms with Gasteiger partial charge in [0.1, 0.15) is 17.8 Å². The molecule has 0 bridgehead atoms. The second-order valence-electron chi connectivity index (χ2n) is 7.30. The van der Waals surface area contributed by atoms with Crippen molar-refractivity contribution >= 4 is 23.9 Å². The lowest BCUT2D eigenvalue weighted by molar-refractivity contribution is -0.166. The number of cyclic esters (lactones) is 1. The van der Waals surface area contributed by atoms with Crippen LogP contribution in [-0.2, 0) is 33.4 Å². The van der Waals surface area contributed by atoms with Gasteiger partial charge in [-0.2, -0.15) is 0 Å². The van der Waals surface area contributed by atoms with Gasteiger partial charge in [0.05, 0.1) is 12.3 Å². The largest absolute Gasteiger partial charge is 0.481 e. The molecule has 2 rings (SSSR count). The molecule has 0 unspecified atom stereocenters. The molecule has 0 radical (unpaired) electrons. The van der Waals surface area contributed by atoms with E-state index in [1.54, 1.807) is 19.9 Å². The maximum Gasteiger partial charge on any atom is 0.334 e. The van der Waals surface area contributed by atoms with Crippen LogP contribution in [-0.4, -0.2) is 46.8 Å². The Morgan fingerprint density at radius 3 is 2.61 bits per heavy atom. The van der Waals surface area contributed by atoms with Crippen molar-refractivity contribution in [2.24, 2.45) is 5.92 Å². The molecule has 4 atom stereocenters. The molecule has 28 heavy (non-hydrogen) atoms. The highest BCUT2D eigenvalue weighted by Crippen LogP contribution is 2.39. The van der Waals surface area contributed by atoms with E-state index in [9.17, 15) is 24.3 Å². The van der Waals surface area contributed by atoms with E-state index in [4.69, 9.17) is 14.2 Å². The zero-order chi connectivity index (χ0) is 21.2. The van der Waals surface area contributed by atoms with Gasteiger partial charge in [-0.3, -0.25) is 4.79 Å². The maximum absolute atomic E-state index is 12.4. The number of esters is 3. The summed E-state index contributed by atoms with van der Waals surface area (Å²) in [5, 5.41) is 9.27.